The molecule has 1 heterocycles. The molecule has 14 heavy (non-hydrogen) atoms. The molecule has 0 atom stereocenters. The van der Waals surface area contributed by atoms with Gasteiger partial charge in [-0.25, -0.2) is 0 Å². The standard InChI is InChI=1S/C12H20NS/c1-3-5-7-11-12(8-6-4-2)14-10-9-13-11/h9-10H,3-8H2,1-2H3. The highest BCUT2D eigenvalue weighted by molar-refractivity contribution is 8.05. The van der Waals surface area contributed by atoms with Crippen LogP contribution in [0.3, 0.4) is 0 Å². The third kappa shape index (κ3) is 3.79. The number of rotatable bonds is 6. The Bertz CT molecular complexity index is 196. The molecule has 0 aromatic heterocycles. The Morgan fingerprint density at radius 1 is 1.14 bits per heavy atom. The van der Waals surface area contributed by atoms with Crippen molar-refractivity contribution in [1.82, 2.24) is 5.32 Å². The molecule has 1 rings (SSSR count). The van der Waals surface area contributed by atoms with Crippen LogP contribution in [0.2, 0.25) is 0 Å². The first-order valence-electron chi connectivity index (χ1n) is 5.63. The van der Waals surface area contributed by atoms with Crippen molar-refractivity contribution < 1.29 is 0 Å². The first-order chi connectivity index (χ1) is 6.88. The normalized spacial score (nSPS) is 15.9. The third-order valence-electron chi connectivity index (χ3n) is 2.35. The molecule has 0 N–H and O–H groups in total. The maximum Gasteiger partial charge on any atom is 0.0502 e. The van der Waals surface area contributed by atoms with E-state index in [1.54, 1.807) is 0 Å². The molecule has 0 spiro atoms. The first-order valence-corrected chi connectivity index (χ1v) is 6.51. The molecule has 1 nitrogen and oxygen atoms in total. The molecule has 0 amide bonds. The summed E-state index contributed by atoms with van der Waals surface area (Å²) in [6, 6.07) is 0. The number of hydrogen-bond acceptors (Lipinski definition) is 1. The number of allylic oxidation sites excluding steroid dienone is 2. The van der Waals surface area contributed by atoms with Gasteiger partial charge in [0.2, 0.25) is 0 Å². The largest absolute Gasteiger partial charge is 0.260 e. The highest BCUT2D eigenvalue weighted by atomic mass is 32.2. The van der Waals surface area contributed by atoms with Gasteiger partial charge in [0.05, 0.1) is 5.70 Å². The Labute approximate surface area is 92.0 Å². The second-order valence-corrected chi connectivity index (χ2v) is 4.61. The van der Waals surface area contributed by atoms with Crippen LogP contribution in [0.15, 0.2) is 22.2 Å². The molecule has 1 aliphatic heterocycles. The van der Waals surface area contributed by atoms with E-state index in [4.69, 9.17) is 0 Å². The van der Waals surface area contributed by atoms with Crippen molar-refractivity contribution >= 4 is 11.8 Å². The number of thioether (sulfide) groups is 1. The summed E-state index contributed by atoms with van der Waals surface area (Å²) in [6.45, 7) is 4.48. The molecule has 0 saturated carbocycles. The van der Waals surface area contributed by atoms with Crippen molar-refractivity contribution in [1.29, 1.82) is 0 Å². The summed E-state index contributed by atoms with van der Waals surface area (Å²) in [4.78, 5) is 1.50. The fourth-order valence-electron chi connectivity index (χ4n) is 1.46. The van der Waals surface area contributed by atoms with E-state index in [1.807, 2.05) is 18.0 Å². The van der Waals surface area contributed by atoms with Crippen molar-refractivity contribution in [3.05, 3.63) is 22.2 Å². The molecule has 1 aliphatic rings. The van der Waals surface area contributed by atoms with Gasteiger partial charge in [0.1, 0.15) is 0 Å². The van der Waals surface area contributed by atoms with Crippen LogP contribution < -0.4 is 5.32 Å². The number of unbranched alkanes of at least 4 members (excludes halogenated alkanes) is 2. The van der Waals surface area contributed by atoms with E-state index >= 15 is 0 Å². The molecule has 0 unspecified atom stereocenters. The molecule has 0 aromatic carbocycles. The lowest BCUT2D eigenvalue weighted by Crippen LogP contribution is -2.03. The van der Waals surface area contributed by atoms with Gasteiger partial charge in [0.15, 0.2) is 0 Å². The highest BCUT2D eigenvalue weighted by Gasteiger charge is 2.09. The summed E-state index contributed by atoms with van der Waals surface area (Å²) in [5, 5.41) is 6.58. The zero-order chi connectivity index (χ0) is 10.2. The molecular formula is C12H20NS. The topological polar surface area (TPSA) is 14.1 Å². The van der Waals surface area contributed by atoms with E-state index in [0.29, 0.717) is 0 Å². The van der Waals surface area contributed by atoms with Crippen LogP contribution in [0.4, 0.5) is 0 Å². The molecule has 0 aliphatic carbocycles. The quantitative estimate of drug-likeness (QED) is 0.633. The van der Waals surface area contributed by atoms with E-state index in [-0.39, 0.29) is 0 Å². The van der Waals surface area contributed by atoms with Gasteiger partial charge in [-0.15, -0.1) is 0 Å². The maximum atomic E-state index is 4.48. The zero-order valence-corrected chi connectivity index (χ0v) is 10.1. The summed E-state index contributed by atoms with van der Waals surface area (Å²) in [6.07, 6.45) is 9.40. The van der Waals surface area contributed by atoms with Crippen molar-refractivity contribution in [3.63, 3.8) is 0 Å². The van der Waals surface area contributed by atoms with Crippen LogP contribution in [0.25, 0.3) is 0 Å². The second kappa shape index (κ2) is 6.99. The molecule has 1 radical (unpaired) electrons. The van der Waals surface area contributed by atoms with Crippen LogP contribution in [0.5, 0.6) is 0 Å². The van der Waals surface area contributed by atoms with Crippen molar-refractivity contribution in [3.8, 4) is 0 Å². The van der Waals surface area contributed by atoms with Crippen LogP contribution in [0, 0.1) is 0 Å². The fourth-order valence-corrected chi connectivity index (χ4v) is 2.30. The second-order valence-electron chi connectivity index (χ2n) is 3.61. The Hall–Kier alpha value is -0.370. The number of nitrogens with zero attached hydrogens (tertiary/aromatic N) is 1. The Morgan fingerprint density at radius 3 is 2.57 bits per heavy atom. The third-order valence-corrected chi connectivity index (χ3v) is 3.33. The summed E-state index contributed by atoms with van der Waals surface area (Å²) in [5.74, 6) is 0. The summed E-state index contributed by atoms with van der Waals surface area (Å²) in [5.41, 5.74) is 1.34. The van der Waals surface area contributed by atoms with Gasteiger partial charge in [0.25, 0.3) is 0 Å². The van der Waals surface area contributed by atoms with Crippen molar-refractivity contribution in [2.75, 3.05) is 0 Å². The van der Waals surface area contributed by atoms with Gasteiger partial charge in [0, 0.05) is 11.1 Å². The zero-order valence-electron chi connectivity index (χ0n) is 9.25. The van der Waals surface area contributed by atoms with Crippen LogP contribution in [-0.4, -0.2) is 0 Å². The van der Waals surface area contributed by atoms with E-state index < -0.39 is 0 Å². The Balaban J connectivity index is 2.47. The van der Waals surface area contributed by atoms with Gasteiger partial charge >= 0.3 is 0 Å². The smallest absolute Gasteiger partial charge is 0.0502 e. The summed E-state index contributed by atoms with van der Waals surface area (Å²) < 4.78 is 0. The van der Waals surface area contributed by atoms with Crippen molar-refractivity contribution in [2.45, 2.75) is 52.4 Å². The highest BCUT2D eigenvalue weighted by Crippen LogP contribution is 2.30. The fraction of sp³-hybridized carbons (Fsp3) is 0.667. The van der Waals surface area contributed by atoms with E-state index in [9.17, 15) is 0 Å². The summed E-state index contributed by atoms with van der Waals surface area (Å²) >= 11 is 1.87. The lowest BCUT2D eigenvalue weighted by molar-refractivity contribution is 0.729. The Kier molecular flexibility index (Phi) is 5.85. The maximum absolute atomic E-state index is 4.48. The van der Waals surface area contributed by atoms with Crippen LogP contribution >= 0.6 is 11.8 Å². The van der Waals surface area contributed by atoms with Gasteiger partial charge in [-0.3, -0.25) is 5.32 Å². The van der Waals surface area contributed by atoms with Gasteiger partial charge in [-0.1, -0.05) is 38.5 Å². The van der Waals surface area contributed by atoms with Gasteiger partial charge < -0.3 is 0 Å². The minimum atomic E-state index is 1.16. The predicted molar refractivity (Wildman–Crippen MR) is 64.9 cm³/mol. The monoisotopic (exact) mass is 210 g/mol. The average molecular weight is 210 g/mol. The molecule has 0 bridgehead atoms. The van der Waals surface area contributed by atoms with Crippen LogP contribution in [0.1, 0.15) is 52.4 Å². The molecule has 2 heteroatoms. The molecule has 0 saturated heterocycles. The Morgan fingerprint density at radius 2 is 1.86 bits per heavy atom. The average Bonchev–Trinajstić information content (AvgIpc) is 2.24. The molecular weight excluding hydrogens is 190 g/mol. The molecule has 0 aromatic rings. The SMILES string of the molecule is CCCCC1=C(CCCC)SC=C[N]1. The first kappa shape index (κ1) is 11.7. The summed E-state index contributed by atoms with van der Waals surface area (Å²) in [7, 11) is 0. The van der Waals surface area contributed by atoms with E-state index in [1.165, 1.54) is 42.7 Å². The van der Waals surface area contributed by atoms with E-state index in [0.717, 1.165) is 6.42 Å². The van der Waals surface area contributed by atoms with Gasteiger partial charge in [-0.2, -0.15) is 0 Å². The number of hydrogen-bond donors (Lipinski definition) is 0. The lowest BCUT2D eigenvalue weighted by atomic mass is 10.1. The minimum Gasteiger partial charge on any atom is -0.260 e. The molecule has 79 valence electrons. The molecule has 0 fully saturated rings. The van der Waals surface area contributed by atoms with Gasteiger partial charge in [-0.05, 0) is 31.1 Å². The van der Waals surface area contributed by atoms with Crippen LogP contribution in [-0.2, 0) is 0 Å². The predicted octanol–water partition coefficient (Wildman–Crippen LogP) is 4.40. The minimum absolute atomic E-state index is 1.16. The van der Waals surface area contributed by atoms with Crippen molar-refractivity contribution in [2.24, 2.45) is 0 Å². The lowest BCUT2D eigenvalue weighted by Gasteiger charge is -2.15. The van der Waals surface area contributed by atoms with E-state index in [2.05, 4.69) is 24.6 Å².